The van der Waals surface area contributed by atoms with Crippen LogP contribution in [0.2, 0.25) is 5.02 Å². The van der Waals surface area contributed by atoms with E-state index in [1.165, 1.54) is 27.2 Å². The molecule has 2 aromatic carbocycles. The topological polar surface area (TPSA) is 67.6 Å². The number of benzene rings is 2. The van der Waals surface area contributed by atoms with E-state index in [1.807, 2.05) is 60.0 Å². The highest BCUT2D eigenvalue weighted by Gasteiger charge is 2.34. The van der Waals surface area contributed by atoms with Crippen molar-refractivity contribution < 1.29 is 4.79 Å². The highest BCUT2D eigenvalue weighted by molar-refractivity contribution is 7.15. The van der Waals surface area contributed by atoms with E-state index in [2.05, 4.69) is 10.1 Å². The Morgan fingerprint density at radius 3 is 2.56 bits per heavy atom. The van der Waals surface area contributed by atoms with Crippen molar-refractivity contribution in [2.45, 2.75) is 6.54 Å². The van der Waals surface area contributed by atoms with Gasteiger partial charge in [0.1, 0.15) is 4.53 Å². The summed E-state index contributed by atoms with van der Waals surface area (Å²) in [4.78, 5) is 34.3. The van der Waals surface area contributed by atoms with Crippen LogP contribution in [0.4, 0.5) is 5.69 Å². The van der Waals surface area contributed by atoms with Crippen LogP contribution in [-0.4, -0.2) is 20.5 Å². The van der Waals surface area contributed by atoms with Crippen molar-refractivity contribution in [3.05, 3.63) is 97.1 Å². The first-order valence-corrected chi connectivity index (χ1v) is 11.8. The fraction of sp³-hybridized carbons (Fsp3) is 0.0435. The summed E-state index contributed by atoms with van der Waals surface area (Å²) in [6.45, 7) is 0.316. The van der Waals surface area contributed by atoms with Crippen LogP contribution in [0.15, 0.2) is 70.8 Å². The normalized spacial score (nSPS) is 15.0. The third-order valence-electron chi connectivity index (χ3n) is 5.34. The molecule has 0 bridgehead atoms. The monoisotopic (exact) mass is 476 g/mol. The van der Waals surface area contributed by atoms with Gasteiger partial charge < -0.3 is 4.90 Å². The SMILES string of the molecule is O=C1/C(=c2\sc3nc(-c4cccs4)nn3c2=O)c2ccccc2N1Cc1ccccc1Cl. The first kappa shape index (κ1) is 19.4. The second kappa shape index (κ2) is 7.37. The summed E-state index contributed by atoms with van der Waals surface area (Å²) >= 11 is 9.04. The summed E-state index contributed by atoms with van der Waals surface area (Å²) in [6.07, 6.45) is 0. The highest BCUT2D eigenvalue weighted by Crippen LogP contribution is 2.37. The molecule has 3 aromatic heterocycles. The van der Waals surface area contributed by atoms with E-state index in [9.17, 15) is 9.59 Å². The van der Waals surface area contributed by atoms with Crippen LogP contribution in [0, 0.1) is 0 Å². The molecule has 156 valence electrons. The number of halogens is 1. The summed E-state index contributed by atoms with van der Waals surface area (Å²) in [5, 5.41) is 6.91. The van der Waals surface area contributed by atoms with Crippen molar-refractivity contribution in [2.24, 2.45) is 0 Å². The van der Waals surface area contributed by atoms with Gasteiger partial charge in [0.15, 0.2) is 5.82 Å². The summed E-state index contributed by atoms with van der Waals surface area (Å²) in [5.74, 6) is 0.282. The molecular weight excluding hydrogens is 464 g/mol. The Hall–Kier alpha value is -3.33. The fourth-order valence-corrected chi connectivity index (χ4v) is 5.70. The Morgan fingerprint density at radius 2 is 1.78 bits per heavy atom. The standard InChI is InChI=1S/C23H13ClN4O2S2/c24-15-8-3-1-6-13(15)12-27-16-9-4-2-7-14(16)18(21(27)29)19-22(30)28-23(32-19)25-20(26-28)17-10-5-11-31-17/h1-11H,12H2/b19-18-. The number of amides is 1. The van der Waals surface area contributed by atoms with Crippen molar-refractivity contribution in [3.8, 4) is 10.7 Å². The molecule has 1 amide bonds. The van der Waals surface area contributed by atoms with Crippen LogP contribution in [0.5, 0.6) is 0 Å². The van der Waals surface area contributed by atoms with Crippen LogP contribution in [0.3, 0.4) is 0 Å². The molecule has 0 unspecified atom stereocenters. The molecule has 0 radical (unpaired) electrons. The molecule has 0 atom stereocenters. The fourth-order valence-electron chi connectivity index (χ4n) is 3.85. The number of anilines is 1. The number of thiophene rings is 1. The van der Waals surface area contributed by atoms with E-state index in [1.54, 1.807) is 11.0 Å². The molecule has 0 saturated heterocycles. The molecule has 0 spiro atoms. The van der Waals surface area contributed by atoms with Crippen molar-refractivity contribution in [1.82, 2.24) is 14.6 Å². The van der Waals surface area contributed by atoms with Crippen LogP contribution >= 0.6 is 34.3 Å². The van der Waals surface area contributed by atoms with E-state index in [4.69, 9.17) is 11.6 Å². The third-order valence-corrected chi connectivity index (χ3v) is 7.60. The van der Waals surface area contributed by atoms with Gasteiger partial charge in [0.05, 0.1) is 22.7 Å². The number of fused-ring (bicyclic) bond motifs is 2. The molecule has 1 aliphatic rings. The molecule has 6 nitrogen and oxygen atoms in total. The van der Waals surface area contributed by atoms with Crippen LogP contribution in [-0.2, 0) is 11.3 Å². The van der Waals surface area contributed by atoms with Gasteiger partial charge in [-0.1, -0.05) is 65.4 Å². The summed E-state index contributed by atoms with van der Waals surface area (Å²) in [6, 6.07) is 18.7. The Balaban J connectivity index is 1.52. The van der Waals surface area contributed by atoms with Crippen LogP contribution in [0.1, 0.15) is 11.1 Å². The number of thiazole rings is 1. The zero-order valence-electron chi connectivity index (χ0n) is 16.4. The van der Waals surface area contributed by atoms with Crippen molar-refractivity contribution in [3.63, 3.8) is 0 Å². The number of rotatable bonds is 3. The molecule has 9 heteroatoms. The smallest absolute Gasteiger partial charge is 0.291 e. The molecule has 0 saturated carbocycles. The van der Waals surface area contributed by atoms with Gasteiger partial charge in [-0.3, -0.25) is 9.59 Å². The molecule has 32 heavy (non-hydrogen) atoms. The molecule has 0 aliphatic carbocycles. The molecule has 0 N–H and O–H groups in total. The van der Waals surface area contributed by atoms with Crippen molar-refractivity contribution in [1.29, 1.82) is 0 Å². The molecule has 5 aromatic rings. The van der Waals surface area contributed by atoms with Crippen LogP contribution in [0.25, 0.3) is 21.2 Å². The quantitative estimate of drug-likeness (QED) is 0.395. The molecule has 4 heterocycles. The minimum absolute atomic E-state index is 0.230. The lowest BCUT2D eigenvalue weighted by molar-refractivity contribution is -0.113. The van der Waals surface area contributed by atoms with Gasteiger partial charge in [0, 0.05) is 10.6 Å². The predicted octanol–water partition coefficient (Wildman–Crippen LogP) is 4.00. The predicted molar refractivity (Wildman–Crippen MR) is 127 cm³/mol. The van der Waals surface area contributed by atoms with E-state index in [0.29, 0.717) is 32.5 Å². The minimum Gasteiger partial charge on any atom is -0.303 e. The van der Waals surface area contributed by atoms with Crippen molar-refractivity contribution in [2.75, 3.05) is 4.90 Å². The van der Waals surface area contributed by atoms with Gasteiger partial charge in [-0.05, 0) is 29.1 Å². The number of carbonyl (C=O) groups excluding carboxylic acids is 1. The third kappa shape index (κ3) is 2.91. The number of carbonyl (C=O) groups is 1. The Bertz CT molecular complexity index is 1620. The first-order valence-electron chi connectivity index (χ1n) is 9.74. The maximum absolute atomic E-state index is 13.5. The lowest BCUT2D eigenvalue weighted by Crippen LogP contribution is -2.32. The Morgan fingerprint density at radius 1 is 0.969 bits per heavy atom. The second-order valence-electron chi connectivity index (χ2n) is 7.22. The average molecular weight is 477 g/mol. The number of para-hydroxylation sites is 1. The summed E-state index contributed by atoms with van der Waals surface area (Å²) < 4.78 is 1.63. The number of hydrogen-bond donors (Lipinski definition) is 0. The van der Waals surface area contributed by atoms with Gasteiger partial charge in [-0.25, -0.2) is 0 Å². The lowest BCUT2D eigenvalue weighted by Gasteiger charge is -2.17. The maximum atomic E-state index is 13.5. The zero-order chi connectivity index (χ0) is 21.8. The van der Waals surface area contributed by atoms with E-state index < -0.39 is 0 Å². The number of hydrogen-bond acceptors (Lipinski definition) is 6. The highest BCUT2D eigenvalue weighted by atomic mass is 35.5. The number of aromatic nitrogens is 3. The van der Waals surface area contributed by atoms with Crippen molar-refractivity contribution >= 4 is 56.4 Å². The summed E-state index contributed by atoms with van der Waals surface area (Å²) in [7, 11) is 0. The molecule has 0 fully saturated rings. The Kier molecular flexibility index (Phi) is 4.46. The van der Waals surface area contributed by atoms with Gasteiger partial charge in [-0.15, -0.1) is 16.4 Å². The summed E-state index contributed by atoms with van der Waals surface area (Å²) in [5.41, 5.74) is 2.37. The zero-order valence-corrected chi connectivity index (χ0v) is 18.7. The van der Waals surface area contributed by atoms with Crippen LogP contribution < -0.4 is 15.0 Å². The first-order chi connectivity index (χ1) is 15.6. The van der Waals surface area contributed by atoms with E-state index in [-0.39, 0.29) is 11.5 Å². The second-order valence-corrected chi connectivity index (χ2v) is 9.55. The van der Waals surface area contributed by atoms with Gasteiger partial charge in [0.25, 0.3) is 11.5 Å². The molecule has 6 rings (SSSR count). The van der Waals surface area contributed by atoms with E-state index in [0.717, 1.165) is 21.7 Å². The van der Waals surface area contributed by atoms with Gasteiger partial charge in [0.2, 0.25) is 4.96 Å². The largest absolute Gasteiger partial charge is 0.303 e. The Labute approximate surface area is 194 Å². The molecule has 1 aliphatic heterocycles. The average Bonchev–Trinajstić information content (AvgIpc) is 3.56. The lowest BCUT2D eigenvalue weighted by atomic mass is 10.1. The minimum atomic E-state index is -0.335. The van der Waals surface area contributed by atoms with Gasteiger partial charge in [-0.2, -0.15) is 9.50 Å². The van der Waals surface area contributed by atoms with E-state index >= 15 is 0 Å². The number of nitrogens with zero attached hydrogens (tertiary/aromatic N) is 4. The molecular formula is C23H13ClN4O2S2. The van der Waals surface area contributed by atoms with Gasteiger partial charge >= 0.3 is 0 Å². The maximum Gasteiger partial charge on any atom is 0.291 e.